The van der Waals surface area contributed by atoms with Crippen LogP contribution in [-0.4, -0.2) is 33.8 Å². The van der Waals surface area contributed by atoms with Crippen molar-refractivity contribution >= 4 is 22.0 Å². The minimum absolute atomic E-state index is 0.144. The number of sulfonamides is 1. The van der Waals surface area contributed by atoms with Gasteiger partial charge in [-0.15, -0.1) is 4.40 Å². The van der Waals surface area contributed by atoms with Gasteiger partial charge >= 0.3 is 0 Å². The van der Waals surface area contributed by atoms with Crippen LogP contribution >= 0.6 is 0 Å². The summed E-state index contributed by atoms with van der Waals surface area (Å²) < 4.78 is 27.2. The number of nitrogens with zero attached hydrogens (tertiary/aromatic N) is 2. The van der Waals surface area contributed by atoms with Gasteiger partial charge in [-0.1, -0.05) is 6.07 Å². The number of anilines is 1. The topological polar surface area (TPSA) is 75.8 Å². The summed E-state index contributed by atoms with van der Waals surface area (Å²) in [7, 11) is -0.261. The molecule has 0 radical (unpaired) electrons. The van der Waals surface area contributed by atoms with Gasteiger partial charge in [-0.3, -0.25) is 0 Å². The predicted molar refractivity (Wildman–Crippen MR) is 65.0 cm³/mol. The van der Waals surface area contributed by atoms with E-state index in [0.29, 0.717) is 11.3 Å². The molecule has 0 saturated carbocycles. The van der Waals surface area contributed by atoms with Crippen LogP contribution in [0.4, 0.5) is 5.69 Å². The van der Waals surface area contributed by atoms with Crippen LogP contribution in [0.25, 0.3) is 0 Å². The average molecular weight is 241 g/mol. The maximum Gasteiger partial charge on any atom is 0.284 e. The highest BCUT2D eigenvalue weighted by Gasteiger charge is 2.15. The molecule has 0 unspecified atom stereocenters. The molecule has 0 fully saturated rings. The Morgan fingerprint density at radius 1 is 1.38 bits per heavy atom. The third kappa shape index (κ3) is 2.96. The van der Waals surface area contributed by atoms with Crippen LogP contribution in [0.1, 0.15) is 5.56 Å². The zero-order valence-corrected chi connectivity index (χ0v) is 10.3. The van der Waals surface area contributed by atoms with Crippen molar-refractivity contribution in [2.45, 2.75) is 11.8 Å². The molecule has 0 heterocycles. The average Bonchev–Trinajstić information content (AvgIpc) is 2.19. The first-order chi connectivity index (χ1) is 7.33. The fraction of sp³-hybridized carbons (Fsp3) is 0.300. The molecule has 0 aromatic heterocycles. The van der Waals surface area contributed by atoms with E-state index in [-0.39, 0.29) is 4.90 Å². The number of hydrogen-bond acceptors (Lipinski definition) is 3. The van der Waals surface area contributed by atoms with Gasteiger partial charge in [0.25, 0.3) is 10.0 Å². The first-order valence-electron chi connectivity index (χ1n) is 4.66. The number of nitrogens with two attached hydrogens (primary N) is 1. The van der Waals surface area contributed by atoms with Crippen LogP contribution in [0, 0.1) is 6.92 Å². The third-order valence-corrected chi connectivity index (χ3v) is 3.27. The SMILES string of the molecule is Cc1ccc(N)cc1S(=O)(=O)/N=C/N(C)C. The number of benzene rings is 1. The summed E-state index contributed by atoms with van der Waals surface area (Å²) in [6.07, 6.45) is 1.25. The Kier molecular flexibility index (Phi) is 3.54. The maximum atomic E-state index is 11.8. The molecule has 88 valence electrons. The van der Waals surface area contributed by atoms with Crippen LogP contribution in [0.5, 0.6) is 0 Å². The van der Waals surface area contributed by atoms with Gasteiger partial charge in [-0.05, 0) is 24.6 Å². The minimum Gasteiger partial charge on any atom is -0.399 e. The van der Waals surface area contributed by atoms with Gasteiger partial charge in [0.1, 0.15) is 6.34 Å². The molecule has 0 aliphatic carbocycles. The van der Waals surface area contributed by atoms with E-state index in [9.17, 15) is 8.42 Å². The Bertz CT molecular complexity index is 507. The summed E-state index contributed by atoms with van der Waals surface area (Å²) >= 11 is 0. The van der Waals surface area contributed by atoms with E-state index in [1.54, 1.807) is 38.1 Å². The lowest BCUT2D eigenvalue weighted by molar-refractivity contribution is 0.594. The molecule has 1 aromatic rings. The molecule has 0 saturated heterocycles. The van der Waals surface area contributed by atoms with Gasteiger partial charge in [-0.2, -0.15) is 8.42 Å². The highest BCUT2D eigenvalue weighted by Crippen LogP contribution is 2.19. The molecule has 5 nitrogen and oxygen atoms in total. The van der Waals surface area contributed by atoms with E-state index >= 15 is 0 Å². The Labute approximate surface area is 95.6 Å². The maximum absolute atomic E-state index is 11.8. The van der Waals surface area contributed by atoms with Crippen molar-refractivity contribution in [2.24, 2.45) is 4.40 Å². The van der Waals surface area contributed by atoms with Crippen molar-refractivity contribution in [1.82, 2.24) is 4.90 Å². The summed E-state index contributed by atoms with van der Waals surface area (Å²) in [6.45, 7) is 1.71. The Balaban J connectivity index is 3.22. The molecule has 0 atom stereocenters. The monoisotopic (exact) mass is 241 g/mol. The number of hydrogen-bond donors (Lipinski definition) is 1. The van der Waals surface area contributed by atoms with Crippen LogP contribution in [0.15, 0.2) is 27.5 Å². The molecule has 0 spiro atoms. The molecule has 0 amide bonds. The van der Waals surface area contributed by atoms with Crippen LogP contribution in [0.3, 0.4) is 0 Å². The zero-order chi connectivity index (χ0) is 12.3. The van der Waals surface area contributed by atoms with Gasteiger partial charge in [0.2, 0.25) is 0 Å². The lowest BCUT2D eigenvalue weighted by atomic mass is 10.2. The fourth-order valence-corrected chi connectivity index (χ4v) is 2.29. The second-order valence-corrected chi connectivity index (χ2v) is 5.29. The van der Waals surface area contributed by atoms with Crippen LogP contribution < -0.4 is 5.73 Å². The summed E-state index contributed by atoms with van der Waals surface area (Å²) in [4.78, 5) is 1.70. The number of aryl methyl sites for hydroxylation is 1. The number of nitrogen functional groups attached to an aromatic ring is 1. The molecular formula is C10H15N3O2S. The van der Waals surface area contributed by atoms with Crippen LogP contribution in [-0.2, 0) is 10.0 Å². The zero-order valence-electron chi connectivity index (χ0n) is 9.51. The summed E-state index contributed by atoms with van der Waals surface area (Å²) in [5, 5.41) is 0. The lowest BCUT2D eigenvalue weighted by Gasteiger charge is -2.06. The highest BCUT2D eigenvalue weighted by atomic mass is 32.2. The lowest BCUT2D eigenvalue weighted by Crippen LogP contribution is -2.10. The number of rotatable bonds is 3. The van der Waals surface area contributed by atoms with Crippen molar-refractivity contribution < 1.29 is 8.42 Å². The second kappa shape index (κ2) is 4.52. The molecule has 0 aliphatic rings. The van der Waals surface area contributed by atoms with Gasteiger partial charge in [0.15, 0.2) is 0 Å². The molecule has 1 rings (SSSR count). The minimum atomic E-state index is -3.66. The van der Waals surface area contributed by atoms with Crippen molar-refractivity contribution in [3.63, 3.8) is 0 Å². The Morgan fingerprint density at radius 3 is 2.56 bits per heavy atom. The molecule has 0 bridgehead atoms. The van der Waals surface area contributed by atoms with Gasteiger partial charge in [0.05, 0.1) is 4.90 Å². The first kappa shape index (κ1) is 12.5. The van der Waals surface area contributed by atoms with E-state index in [4.69, 9.17) is 5.73 Å². The molecule has 6 heteroatoms. The predicted octanol–water partition coefficient (Wildman–Crippen LogP) is 0.856. The van der Waals surface area contributed by atoms with E-state index < -0.39 is 10.0 Å². The molecular weight excluding hydrogens is 226 g/mol. The standard InChI is InChI=1S/C10H15N3O2S/c1-8-4-5-9(11)6-10(8)16(14,15)12-7-13(2)3/h4-7H,11H2,1-3H3/b12-7+. The van der Waals surface area contributed by atoms with E-state index in [1.807, 2.05) is 0 Å². The van der Waals surface area contributed by atoms with Crippen molar-refractivity contribution in [3.8, 4) is 0 Å². The quantitative estimate of drug-likeness (QED) is 0.483. The Morgan fingerprint density at radius 2 is 2.00 bits per heavy atom. The fourth-order valence-electron chi connectivity index (χ4n) is 1.11. The van der Waals surface area contributed by atoms with E-state index in [1.165, 1.54) is 12.4 Å². The van der Waals surface area contributed by atoms with Crippen LogP contribution in [0.2, 0.25) is 0 Å². The largest absolute Gasteiger partial charge is 0.399 e. The van der Waals surface area contributed by atoms with E-state index in [2.05, 4.69) is 4.40 Å². The Hall–Kier alpha value is -1.56. The smallest absolute Gasteiger partial charge is 0.284 e. The summed E-state index contributed by atoms with van der Waals surface area (Å²) in [5.41, 5.74) is 6.59. The molecule has 16 heavy (non-hydrogen) atoms. The van der Waals surface area contributed by atoms with Crippen molar-refractivity contribution in [1.29, 1.82) is 0 Å². The highest BCUT2D eigenvalue weighted by molar-refractivity contribution is 7.90. The first-order valence-corrected chi connectivity index (χ1v) is 6.10. The molecule has 2 N–H and O–H groups in total. The molecule has 0 aliphatic heterocycles. The molecule has 1 aromatic carbocycles. The third-order valence-electron chi connectivity index (χ3n) is 1.91. The normalized spacial score (nSPS) is 11.9. The van der Waals surface area contributed by atoms with Gasteiger partial charge in [0, 0.05) is 19.8 Å². The van der Waals surface area contributed by atoms with Crippen molar-refractivity contribution in [2.75, 3.05) is 19.8 Å². The summed E-state index contributed by atoms with van der Waals surface area (Å²) in [6, 6.07) is 4.73. The van der Waals surface area contributed by atoms with E-state index in [0.717, 1.165) is 0 Å². The van der Waals surface area contributed by atoms with Crippen molar-refractivity contribution in [3.05, 3.63) is 23.8 Å². The second-order valence-electron chi connectivity index (χ2n) is 3.68. The van der Waals surface area contributed by atoms with Gasteiger partial charge in [-0.25, -0.2) is 0 Å². The van der Waals surface area contributed by atoms with Gasteiger partial charge < -0.3 is 10.6 Å². The summed E-state index contributed by atoms with van der Waals surface area (Å²) in [5.74, 6) is 0.